The van der Waals surface area contributed by atoms with E-state index in [2.05, 4.69) is 15.0 Å². The fourth-order valence-electron chi connectivity index (χ4n) is 1.47. The second-order valence-electron chi connectivity index (χ2n) is 3.62. The van der Waals surface area contributed by atoms with Crippen molar-refractivity contribution in [1.29, 1.82) is 0 Å². The first-order valence-corrected chi connectivity index (χ1v) is 5.09. The maximum atomic E-state index is 12.0. The van der Waals surface area contributed by atoms with Crippen molar-refractivity contribution in [3.63, 3.8) is 0 Å². The second kappa shape index (κ2) is 4.65. The molecule has 2 heterocycles. The molecule has 6 heteroatoms. The molecule has 88 valence electrons. The van der Waals surface area contributed by atoms with Gasteiger partial charge in [-0.25, -0.2) is 4.98 Å². The Balaban J connectivity index is 2.15. The van der Waals surface area contributed by atoms with E-state index < -0.39 is 0 Å². The van der Waals surface area contributed by atoms with Gasteiger partial charge in [-0.05, 0) is 0 Å². The smallest absolute Gasteiger partial charge is 0.259 e. The lowest BCUT2D eigenvalue weighted by atomic mass is 10.2. The molecule has 0 radical (unpaired) electrons. The molecule has 17 heavy (non-hydrogen) atoms. The first-order chi connectivity index (χ1) is 8.18. The van der Waals surface area contributed by atoms with Crippen LogP contribution in [0.2, 0.25) is 0 Å². The highest BCUT2D eigenvalue weighted by Gasteiger charge is 2.15. The van der Waals surface area contributed by atoms with E-state index in [4.69, 9.17) is 0 Å². The zero-order valence-electron chi connectivity index (χ0n) is 9.30. The van der Waals surface area contributed by atoms with Gasteiger partial charge in [-0.2, -0.15) is 0 Å². The van der Waals surface area contributed by atoms with Crippen LogP contribution in [-0.2, 0) is 6.54 Å². The van der Waals surface area contributed by atoms with Crippen LogP contribution in [0.25, 0.3) is 0 Å². The molecule has 0 fully saturated rings. The van der Waals surface area contributed by atoms with Gasteiger partial charge >= 0.3 is 0 Å². The lowest BCUT2D eigenvalue weighted by Crippen LogP contribution is -2.30. The average Bonchev–Trinajstić information content (AvgIpc) is 2.81. The Hall–Kier alpha value is -2.37. The Bertz CT molecular complexity index is 559. The standard InChI is InChI=1S/C11H12N4O2/c1-15(7-10-13-4-5-14-10)11(17)8-6-12-3-2-9(8)16/h2-6H,7H2,1H3,(H,12,16)(H,13,14). The van der Waals surface area contributed by atoms with Crippen molar-refractivity contribution in [3.8, 4) is 0 Å². The van der Waals surface area contributed by atoms with Crippen molar-refractivity contribution in [3.05, 3.63) is 52.5 Å². The number of rotatable bonds is 3. The molecular weight excluding hydrogens is 220 g/mol. The number of amides is 1. The summed E-state index contributed by atoms with van der Waals surface area (Å²) in [6.07, 6.45) is 6.20. The summed E-state index contributed by atoms with van der Waals surface area (Å²) in [5.74, 6) is 0.344. The third-order valence-electron chi connectivity index (χ3n) is 2.34. The molecule has 2 rings (SSSR count). The average molecular weight is 232 g/mol. The number of nitrogens with one attached hydrogen (secondary N) is 2. The molecule has 0 aliphatic carbocycles. The molecule has 0 aromatic carbocycles. The lowest BCUT2D eigenvalue weighted by molar-refractivity contribution is 0.0780. The van der Waals surface area contributed by atoms with Crippen molar-refractivity contribution in [2.24, 2.45) is 0 Å². The lowest BCUT2D eigenvalue weighted by Gasteiger charge is -2.14. The summed E-state index contributed by atoms with van der Waals surface area (Å²) < 4.78 is 0. The van der Waals surface area contributed by atoms with Gasteiger partial charge in [-0.3, -0.25) is 9.59 Å². The highest BCUT2D eigenvalue weighted by atomic mass is 16.2. The molecule has 2 aromatic heterocycles. The van der Waals surface area contributed by atoms with Gasteiger partial charge in [-0.15, -0.1) is 0 Å². The van der Waals surface area contributed by atoms with Crippen molar-refractivity contribution >= 4 is 5.91 Å². The molecule has 0 aliphatic heterocycles. The molecule has 2 N–H and O–H groups in total. The number of pyridine rings is 1. The number of hydrogen-bond donors (Lipinski definition) is 2. The van der Waals surface area contributed by atoms with Crippen molar-refractivity contribution in [1.82, 2.24) is 19.9 Å². The largest absolute Gasteiger partial charge is 0.367 e. The molecule has 2 aromatic rings. The monoisotopic (exact) mass is 232 g/mol. The number of carbonyl (C=O) groups excluding carboxylic acids is 1. The molecule has 1 amide bonds. The van der Waals surface area contributed by atoms with E-state index in [1.165, 1.54) is 23.4 Å². The summed E-state index contributed by atoms with van der Waals surface area (Å²) in [6, 6.07) is 1.33. The van der Waals surface area contributed by atoms with Crippen LogP contribution >= 0.6 is 0 Å². The van der Waals surface area contributed by atoms with Crippen LogP contribution in [-0.4, -0.2) is 32.8 Å². The third kappa shape index (κ3) is 2.41. The Morgan fingerprint density at radius 1 is 1.47 bits per heavy atom. The van der Waals surface area contributed by atoms with Crippen LogP contribution in [0.5, 0.6) is 0 Å². The number of aromatic amines is 2. The van der Waals surface area contributed by atoms with E-state index in [0.29, 0.717) is 12.4 Å². The van der Waals surface area contributed by atoms with E-state index >= 15 is 0 Å². The van der Waals surface area contributed by atoms with Gasteiger partial charge in [0, 0.05) is 37.9 Å². The van der Waals surface area contributed by atoms with Crippen LogP contribution in [0.3, 0.4) is 0 Å². The maximum Gasteiger partial charge on any atom is 0.259 e. The summed E-state index contributed by atoms with van der Waals surface area (Å²) in [6.45, 7) is 0.333. The zero-order valence-corrected chi connectivity index (χ0v) is 9.30. The summed E-state index contributed by atoms with van der Waals surface area (Å²) in [5, 5.41) is 0. The number of imidazole rings is 1. The number of carbonyl (C=O) groups is 1. The van der Waals surface area contributed by atoms with Gasteiger partial charge in [0.15, 0.2) is 5.43 Å². The summed E-state index contributed by atoms with van der Waals surface area (Å²) in [5.41, 5.74) is -0.165. The van der Waals surface area contributed by atoms with E-state index in [1.54, 1.807) is 19.4 Å². The highest BCUT2D eigenvalue weighted by Crippen LogP contribution is 2.01. The second-order valence-corrected chi connectivity index (χ2v) is 3.62. The topological polar surface area (TPSA) is 81.8 Å². The van der Waals surface area contributed by atoms with Crippen molar-refractivity contribution in [2.75, 3.05) is 7.05 Å². The minimum Gasteiger partial charge on any atom is -0.367 e. The van der Waals surface area contributed by atoms with Gasteiger partial charge in [-0.1, -0.05) is 0 Å². The highest BCUT2D eigenvalue weighted by molar-refractivity contribution is 5.93. The molecule has 0 spiro atoms. The Kier molecular flexibility index (Phi) is 3.04. The van der Waals surface area contributed by atoms with Gasteiger partial charge in [0.1, 0.15) is 11.4 Å². The van der Waals surface area contributed by atoms with Crippen LogP contribution in [0.15, 0.2) is 35.6 Å². The minimum atomic E-state index is -0.330. The predicted molar refractivity (Wildman–Crippen MR) is 61.4 cm³/mol. The van der Waals surface area contributed by atoms with E-state index in [9.17, 15) is 9.59 Å². The van der Waals surface area contributed by atoms with Crippen molar-refractivity contribution < 1.29 is 4.79 Å². The number of H-pyrrole nitrogens is 2. The van der Waals surface area contributed by atoms with E-state index in [1.807, 2.05) is 0 Å². The Morgan fingerprint density at radius 3 is 2.94 bits per heavy atom. The normalized spacial score (nSPS) is 10.2. The fourth-order valence-corrected chi connectivity index (χ4v) is 1.47. The third-order valence-corrected chi connectivity index (χ3v) is 2.34. The number of aromatic nitrogens is 3. The zero-order chi connectivity index (χ0) is 12.3. The van der Waals surface area contributed by atoms with Crippen LogP contribution in [0.1, 0.15) is 16.2 Å². The maximum absolute atomic E-state index is 12.0. The summed E-state index contributed by atoms with van der Waals surface area (Å²) in [4.78, 5) is 34.5. The quantitative estimate of drug-likeness (QED) is 0.802. The van der Waals surface area contributed by atoms with Gasteiger partial charge < -0.3 is 14.9 Å². The SMILES string of the molecule is CN(Cc1ncc[nH]1)C(=O)c1c[nH]ccc1=O. The van der Waals surface area contributed by atoms with Crippen molar-refractivity contribution in [2.45, 2.75) is 6.54 Å². The molecule has 0 atom stereocenters. The molecule has 0 saturated carbocycles. The minimum absolute atomic E-state index is 0.126. The number of hydrogen-bond acceptors (Lipinski definition) is 3. The molecule has 0 unspecified atom stereocenters. The van der Waals surface area contributed by atoms with Gasteiger partial charge in [0.25, 0.3) is 5.91 Å². The summed E-state index contributed by atoms with van der Waals surface area (Å²) in [7, 11) is 1.62. The molecular formula is C11H12N4O2. The van der Waals surface area contributed by atoms with Gasteiger partial charge in [0.05, 0.1) is 6.54 Å². The Labute approximate surface area is 97.3 Å². The van der Waals surface area contributed by atoms with Crippen LogP contribution in [0.4, 0.5) is 0 Å². The molecule has 6 nitrogen and oxygen atoms in total. The Morgan fingerprint density at radius 2 is 2.29 bits per heavy atom. The van der Waals surface area contributed by atoms with Gasteiger partial charge in [0.2, 0.25) is 0 Å². The first kappa shape index (κ1) is 11.1. The summed E-state index contributed by atoms with van der Waals surface area (Å²) >= 11 is 0. The first-order valence-electron chi connectivity index (χ1n) is 5.09. The fraction of sp³-hybridized carbons (Fsp3) is 0.182. The molecule has 0 bridgehead atoms. The predicted octanol–water partition coefficient (Wildman–Crippen LogP) is 0.370. The van der Waals surface area contributed by atoms with Crippen LogP contribution < -0.4 is 5.43 Å². The molecule has 0 saturated heterocycles. The van der Waals surface area contributed by atoms with Crippen LogP contribution in [0, 0.1) is 0 Å². The molecule has 0 aliphatic rings. The van der Waals surface area contributed by atoms with E-state index in [0.717, 1.165) is 0 Å². The van der Waals surface area contributed by atoms with E-state index in [-0.39, 0.29) is 16.9 Å². The number of nitrogens with zero attached hydrogens (tertiary/aromatic N) is 2.